The van der Waals surface area contributed by atoms with Crippen molar-refractivity contribution >= 4 is 53.6 Å². The highest BCUT2D eigenvalue weighted by Gasteiger charge is 2.11. The van der Waals surface area contributed by atoms with Gasteiger partial charge in [0.2, 0.25) is 0 Å². The van der Waals surface area contributed by atoms with Gasteiger partial charge in [-0.1, -0.05) is 72.8 Å². The van der Waals surface area contributed by atoms with Crippen LogP contribution in [-0.4, -0.2) is 0 Å². The van der Waals surface area contributed by atoms with Crippen molar-refractivity contribution in [2.75, 3.05) is 0 Å². The van der Waals surface area contributed by atoms with Crippen molar-refractivity contribution < 1.29 is 0 Å². The molecule has 0 fully saturated rings. The van der Waals surface area contributed by atoms with E-state index in [-0.39, 0.29) is 0 Å². The number of hydrogen-bond donors (Lipinski definition) is 0. The van der Waals surface area contributed by atoms with Crippen LogP contribution in [0.4, 0.5) is 0 Å². The van der Waals surface area contributed by atoms with Gasteiger partial charge in [0, 0.05) is 29.9 Å². The third-order valence-electron chi connectivity index (χ3n) is 6.30. The summed E-state index contributed by atoms with van der Waals surface area (Å²) in [6.07, 6.45) is 4.42. The van der Waals surface area contributed by atoms with Crippen LogP contribution in [0.1, 0.15) is 20.9 Å². The maximum atomic E-state index is 2.43. The minimum absolute atomic E-state index is 1.10. The van der Waals surface area contributed by atoms with Crippen molar-refractivity contribution in [3.8, 4) is 0 Å². The van der Waals surface area contributed by atoms with Gasteiger partial charge in [-0.3, -0.25) is 0 Å². The second-order valence-electron chi connectivity index (χ2n) is 8.45. The number of rotatable bonds is 6. The molecule has 0 spiro atoms. The van der Waals surface area contributed by atoms with Crippen LogP contribution >= 0.6 is 22.7 Å². The predicted octanol–water partition coefficient (Wildman–Crippen LogP) is 8.84. The first-order chi connectivity index (χ1) is 15.8. The Morgan fingerprint density at radius 2 is 0.844 bits per heavy atom. The average molecular weight is 449 g/mol. The maximum Gasteiger partial charge on any atom is 0.0352 e. The Morgan fingerprint density at radius 3 is 1.28 bits per heavy atom. The summed E-state index contributed by atoms with van der Waals surface area (Å²) >= 11 is 3.90. The molecule has 32 heavy (non-hydrogen) atoms. The molecule has 2 heterocycles. The lowest BCUT2D eigenvalue weighted by Crippen LogP contribution is -1.87. The quantitative estimate of drug-likeness (QED) is 0.239. The van der Waals surface area contributed by atoms with E-state index in [1.165, 1.54) is 51.8 Å². The van der Waals surface area contributed by atoms with Crippen LogP contribution in [0.2, 0.25) is 0 Å². The number of benzene rings is 4. The van der Waals surface area contributed by atoms with Crippen molar-refractivity contribution in [1.29, 1.82) is 0 Å². The van der Waals surface area contributed by atoms with Crippen molar-refractivity contribution in [3.05, 3.63) is 118 Å². The van der Waals surface area contributed by atoms with Crippen LogP contribution in [0.5, 0.6) is 0 Å². The molecular weight excluding hydrogens is 424 g/mol. The van der Waals surface area contributed by atoms with Crippen LogP contribution in [0.25, 0.3) is 30.9 Å². The molecule has 0 saturated carbocycles. The van der Waals surface area contributed by atoms with E-state index in [2.05, 4.69) is 97.1 Å². The van der Waals surface area contributed by atoms with Gasteiger partial charge in [0.05, 0.1) is 0 Å². The fraction of sp³-hybridized carbons (Fsp3) is 0.133. The van der Waals surface area contributed by atoms with Gasteiger partial charge >= 0.3 is 0 Å². The Hall–Kier alpha value is -2.94. The highest BCUT2D eigenvalue weighted by atomic mass is 32.1. The molecule has 0 N–H and O–H groups in total. The van der Waals surface area contributed by atoms with Gasteiger partial charge in [0.1, 0.15) is 0 Å². The number of fused-ring (bicyclic) bond motifs is 5. The number of thiophene rings is 2. The van der Waals surface area contributed by atoms with Gasteiger partial charge in [-0.05, 0) is 71.8 Å². The molecule has 0 bridgehead atoms. The van der Waals surface area contributed by atoms with Gasteiger partial charge in [-0.25, -0.2) is 0 Å². The lowest BCUT2D eigenvalue weighted by Gasteiger charge is -2.01. The molecule has 4 aromatic carbocycles. The predicted molar refractivity (Wildman–Crippen MR) is 142 cm³/mol. The van der Waals surface area contributed by atoms with Crippen molar-refractivity contribution in [1.82, 2.24) is 0 Å². The summed E-state index contributed by atoms with van der Waals surface area (Å²) in [5.41, 5.74) is 2.83. The molecule has 0 radical (unpaired) electrons. The Labute approximate surface area is 196 Å². The SMILES string of the molecule is c1ccc(CCc2cc3c(ccc4c5cc(CCc6ccccc6)sc5ccc34)s2)cc1. The molecule has 6 aromatic rings. The number of aryl methyl sites for hydroxylation is 4. The lowest BCUT2D eigenvalue weighted by atomic mass is 10.0. The molecule has 2 heteroatoms. The summed E-state index contributed by atoms with van der Waals surface area (Å²) in [4.78, 5) is 2.95. The van der Waals surface area contributed by atoms with E-state index in [1.54, 1.807) is 0 Å². The molecule has 156 valence electrons. The Balaban J connectivity index is 1.31. The zero-order chi connectivity index (χ0) is 21.3. The van der Waals surface area contributed by atoms with E-state index in [4.69, 9.17) is 0 Å². The molecule has 6 rings (SSSR count). The minimum Gasteiger partial charge on any atom is -0.140 e. The van der Waals surface area contributed by atoms with Crippen molar-refractivity contribution in [3.63, 3.8) is 0 Å². The topological polar surface area (TPSA) is 0 Å². The van der Waals surface area contributed by atoms with E-state index in [9.17, 15) is 0 Å². The Morgan fingerprint density at radius 1 is 0.406 bits per heavy atom. The zero-order valence-corrected chi connectivity index (χ0v) is 19.5. The summed E-state index contributed by atoms with van der Waals surface area (Å²) in [5, 5.41) is 5.61. The number of hydrogen-bond acceptors (Lipinski definition) is 2. The fourth-order valence-corrected chi connectivity index (χ4v) is 6.78. The summed E-state index contributed by atoms with van der Waals surface area (Å²) in [7, 11) is 0. The zero-order valence-electron chi connectivity index (χ0n) is 17.9. The monoisotopic (exact) mass is 448 g/mol. The lowest BCUT2D eigenvalue weighted by molar-refractivity contribution is 0.982. The Bertz CT molecular complexity index is 1390. The standard InChI is InChI=1S/C30H24S2/c1-3-7-21(8-4-1)11-13-23-19-27-25-16-18-30-28(26(25)15-17-29(27)31-23)20-24(32-30)14-12-22-9-5-2-6-10-22/h1-10,15-20H,11-14H2. The van der Waals surface area contributed by atoms with Gasteiger partial charge in [-0.15, -0.1) is 22.7 Å². The highest BCUT2D eigenvalue weighted by molar-refractivity contribution is 7.19. The molecule has 0 aliphatic heterocycles. The molecule has 0 unspecified atom stereocenters. The largest absolute Gasteiger partial charge is 0.140 e. The first kappa shape index (κ1) is 19.7. The third kappa shape index (κ3) is 3.85. The van der Waals surface area contributed by atoms with Crippen molar-refractivity contribution in [2.45, 2.75) is 25.7 Å². The van der Waals surface area contributed by atoms with Gasteiger partial charge in [0.25, 0.3) is 0 Å². The van der Waals surface area contributed by atoms with Crippen LogP contribution in [-0.2, 0) is 25.7 Å². The first-order valence-corrected chi connectivity index (χ1v) is 12.9. The summed E-state index contributed by atoms with van der Waals surface area (Å²) in [6, 6.07) is 35.8. The van der Waals surface area contributed by atoms with Crippen LogP contribution in [0.3, 0.4) is 0 Å². The smallest absolute Gasteiger partial charge is 0.0352 e. The van der Waals surface area contributed by atoms with Gasteiger partial charge in [-0.2, -0.15) is 0 Å². The molecule has 0 aliphatic carbocycles. The molecule has 0 saturated heterocycles. The average Bonchev–Trinajstić information content (AvgIpc) is 3.46. The van der Waals surface area contributed by atoms with E-state index in [1.807, 2.05) is 22.7 Å². The molecule has 0 amide bonds. The third-order valence-corrected chi connectivity index (χ3v) is 8.62. The van der Waals surface area contributed by atoms with E-state index in [0.717, 1.165) is 25.7 Å². The minimum atomic E-state index is 1.10. The maximum absolute atomic E-state index is 2.43. The molecular formula is C30H24S2. The van der Waals surface area contributed by atoms with Crippen molar-refractivity contribution in [2.24, 2.45) is 0 Å². The second kappa shape index (κ2) is 8.54. The molecule has 2 aromatic heterocycles. The van der Waals surface area contributed by atoms with Gasteiger partial charge < -0.3 is 0 Å². The Kier molecular flexibility index (Phi) is 5.26. The second-order valence-corrected chi connectivity index (χ2v) is 10.8. The highest BCUT2D eigenvalue weighted by Crippen LogP contribution is 2.38. The fourth-order valence-electron chi connectivity index (χ4n) is 4.62. The van der Waals surface area contributed by atoms with Crippen LogP contribution in [0, 0.1) is 0 Å². The molecule has 0 aliphatic rings. The molecule has 0 nitrogen and oxygen atoms in total. The van der Waals surface area contributed by atoms with Gasteiger partial charge in [0.15, 0.2) is 0 Å². The van der Waals surface area contributed by atoms with Crippen LogP contribution in [0.15, 0.2) is 97.1 Å². The van der Waals surface area contributed by atoms with Crippen LogP contribution < -0.4 is 0 Å². The van der Waals surface area contributed by atoms with E-state index >= 15 is 0 Å². The van der Waals surface area contributed by atoms with E-state index < -0.39 is 0 Å². The molecule has 0 atom stereocenters. The normalized spacial score (nSPS) is 11.6. The summed E-state index contributed by atoms with van der Waals surface area (Å²) in [6.45, 7) is 0. The summed E-state index contributed by atoms with van der Waals surface area (Å²) in [5.74, 6) is 0. The van der Waals surface area contributed by atoms with E-state index in [0.29, 0.717) is 0 Å². The first-order valence-electron chi connectivity index (χ1n) is 11.3. The summed E-state index contributed by atoms with van der Waals surface area (Å²) < 4.78 is 2.80.